The van der Waals surface area contributed by atoms with Crippen molar-refractivity contribution in [3.63, 3.8) is 0 Å². The van der Waals surface area contributed by atoms with E-state index in [9.17, 15) is 0 Å². The van der Waals surface area contributed by atoms with Crippen LogP contribution in [-0.4, -0.2) is 8.07 Å². The number of fused-ring (bicyclic) bond motifs is 17. The van der Waals surface area contributed by atoms with Crippen molar-refractivity contribution < 1.29 is 0 Å². The smallest absolute Gasteiger partial charge is 0.0623 e. The fourth-order valence-electron chi connectivity index (χ4n) is 12.0. The van der Waals surface area contributed by atoms with E-state index in [1.807, 2.05) is 0 Å². The van der Waals surface area contributed by atoms with Crippen LogP contribution >= 0.6 is 0 Å². The molecule has 1 aliphatic carbocycles. The molecule has 0 amide bonds. The summed E-state index contributed by atoms with van der Waals surface area (Å²) in [6.45, 7) is 9.89. The Balaban J connectivity index is 1.10. The Morgan fingerprint density at radius 1 is 0.333 bits per heavy atom. The Morgan fingerprint density at radius 2 is 0.833 bits per heavy atom. The lowest BCUT2D eigenvalue weighted by atomic mass is 9.79. The lowest BCUT2D eigenvalue weighted by Gasteiger charge is -2.24. The van der Waals surface area contributed by atoms with Gasteiger partial charge in [-0.3, -0.25) is 0 Å². The molecule has 0 atom stereocenters. The van der Waals surface area contributed by atoms with E-state index in [-0.39, 0.29) is 5.41 Å². The fraction of sp³-hybridized carbons (Fsp3) is 0.0847. The molecule has 13 rings (SSSR count). The molecule has 0 radical (unpaired) electrons. The number of hydrogen-bond acceptors (Lipinski definition) is 0. The molecule has 0 nitrogen and oxygen atoms in total. The highest BCUT2D eigenvalue weighted by atomic mass is 28.3. The van der Waals surface area contributed by atoms with Gasteiger partial charge in [0.05, 0.1) is 0 Å². The van der Waals surface area contributed by atoms with Gasteiger partial charge < -0.3 is 0 Å². The molecule has 0 spiro atoms. The molecule has 0 N–H and O–H groups in total. The topological polar surface area (TPSA) is 0 Å². The minimum atomic E-state index is -1.96. The van der Waals surface area contributed by atoms with Gasteiger partial charge in [0.2, 0.25) is 0 Å². The zero-order valence-electron chi connectivity index (χ0n) is 34.3. The van der Waals surface area contributed by atoms with Gasteiger partial charge in [-0.25, -0.2) is 0 Å². The normalized spacial score (nSPS) is 14.6. The van der Waals surface area contributed by atoms with Crippen molar-refractivity contribution in [3.05, 3.63) is 193 Å². The monoisotopic (exact) mass is 778 g/mol. The molecule has 60 heavy (non-hydrogen) atoms. The maximum Gasteiger partial charge on any atom is 0.114 e. The fourth-order valence-corrected chi connectivity index (χ4v) is 15.4. The van der Waals surface area contributed by atoms with Gasteiger partial charge in [0, 0.05) is 5.41 Å². The van der Waals surface area contributed by atoms with Gasteiger partial charge in [0.25, 0.3) is 0 Å². The van der Waals surface area contributed by atoms with Crippen molar-refractivity contribution in [2.75, 3.05) is 0 Å². The van der Waals surface area contributed by atoms with Crippen molar-refractivity contribution in [2.24, 2.45) is 0 Å². The molecular formula is C59H42Si. The van der Waals surface area contributed by atoms with E-state index in [0.717, 1.165) is 0 Å². The summed E-state index contributed by atoms with van der Waals surface area (Å²) in [7, 11) is -1.96. The Hall–Kier alpha value is -6.80. The largest absolute Gasteiger partial charge is 0.114 e. The van der Waals surface area contributed by atoms with E-state index in [1.54, 1.807) is 10.4 Å². The van der Waals surface area contributed by atoms with Crippen molar-refractivity contribution in [1.29, 1.82) is 0 Å². The van der Waals surface area contributed by atoms with E-state index < -0.39 is 8.07 Å². The molecule has 11 aromatic carbocycles. The summed E-state index contributed by atoms with van der Waals surface area (Å²) >= 11 is 0. The van der Waals surface area contributed by atoms with Gasteiger partial charge in [-0.05, 0) is 143 Å². The summed E-state index contributed by atoms with van der Waals surface area (Å²) in [5, 5.41) is 19.1. The van der Waals surface area contributed by atoms with Crippen LogP contribution < -0.4 is 10.4 Å². The van der Waals surface area contributed by atoms with Gasteiger partial charge in [-0.15, -0.1) is 0 Å². The number of rotatable bonds is 2. The predicted molar refractivity (Wildman–Crippen MR) is 262 cm³/mol. The first-order chi connectivity index (χ1) is 29.3. The first-order valence-electron chi connectivity index (χ1n) is 21.4. The predicted octanol–water partition coefficient (Wildman–Crippen LogP) is 15.0. The number of benzene rings is 11. The van der Waals surface area contributed by atoms with Crippen LogP contribution in [0.15, 0.2) is 182 Å². The van der Waals surface area contributed by atoms with Crippen molar-refractivity contribution in [3.8, 4) is 44.5 Å². The Labute approximate surface area is 351 Å². The summed E-state index contributed by atoms with van der Waals surface area (Å²) < 4.78 is 0. The van der Waals surface area contributed by atoms with Gasteiger partial charge in [-0.2, -0.15) is 0 Å². The zero-order valence-corrected chi connectivity index (χ0v) is 35.3. The summed E-state index contributed by atoms with van der Waals surface area (Å²) in [5.74, 6) is 0. The second-order valence-electron chi connectivity index (χ2n) is 18.3. The lowest BCUT2D eigenvalue weighted by Crippen LogP contribution is -2.49. The second-order valence-corrected chi connectivity index (χ2v) is 22.6. The highest BCUT2D eigenvalue weighted by molar-refractivity contribution is 7.05. The molecule has 0 fully saturated rings. The molecule has 282 valence electrons. The van der Waals surface area contributed by atoms with Crippen molar-refractivity contribution in [2.45, 2.75) is 32.4 Å². The quantitative estimate of drug-likeness (QED) is 0.0931. The summed E-state index contributed by atoms with van der Waals surface area (Å²) in [5.41, 5.74) is 13.5. The summed E-state index contributed by atoms with van der Waals surface area (Å²) in [4.78, 5) is 0. The maximum atomic E-state index is 2.55. The van der Waals surface area contributed by atoms with Crippen LogP contribution in [0.4, 0.5) is 0 Å². The van der Waals surface area contributed by atoms with Crippen molar-refractivity contribution in [1.82, 2.24) is 0 Å². The molecule has 0 saturated heterocycles. The molecule has 0 aromatic heterocycles. The third kappa shape index (κ3) is 4.30. The average Bonchev–Trinajstić information content (AvgIpc) is 3.67. The van der Waals surface area contributed by atoms with E-state index in [0.29, 0.717) is 0 Å². The van der Waals surface area contributed by atoms with Crippen LogP contribution in [0.5, 0.6) is 0 Å². The number of hydrogen-bond donors (Lipinski definition) is 0. The molecular weight excluding hydrogens is 737 g/mol. The Morgan fingerprint density at radius 3 is 1.53 bits per heavy atom. The van der Waals surface area contributed by atoms with Crippen LogP contribution in [0.25, 0.3) is 109 Å². The summed E-state index contributed by atoms with van der Waals surface area (Å²) in [6, 6.07) is 69.5. The van der Waals surface area contributed by atoms with E-state index in [1.165, 1.54) is 120 Å². The second kappa shape index (κ2) is 11.9. The highest BCUT2D eigenvalue weighted by Gasteiger charge is 2.40. The summed E-state index contributed by atoms with van der Waals surface area (Å²) in [6.07, 6.45) is 0. The van der Waals surface area contributed by atoms with Crippen LogP contribution in [-0.2, 0) is 5.41 Å². The average molecular weight is 779 g/mol. The third-order valence-corrected chi connectivity index (χ3v) is 18.1. The standard InChI is InChI=1S/C59H42Si/c1-59(2)51-27-15-13-26-48(51)56-40-20-7-6-18-37(40)50(34-52(56)59)55-44-24-11-9-22-42(44)54(43-23-10-12-25-45(43)55)35-29-30-38-46-31-32-47-39-19-14-16-28-53(39)60(3,4)58(47)57(46)41-21-8-5-17-36(41)49(38)33-35/h5-34H,1-4H3. The van der Waals surface area contributed by atoms with Crippen LogP contribution in [0.2, 0.25) is 13.1 Å². The Bertz CT molecular complexity index is 3640. The maximum absolute atomic E-state index is 2.55. The zero-order chi connectivity index (χ0) is 40.1. The van der Waals surface area contributed by atoms with Crippen LogP contribution in [0.3, 0.4) is 0 Å². The first-order valence-corrected chi connectivity index (χ1v) is 24.4. The SMILES string of the molecule is CC1(C)c2ccccc2-c2c1cc(-c1c3ccccc3c(-c3ccc4c(c3)c3ccccc3c3c5c(ccc43)-c3ccccc3[Si]5(C)C)c3ccccc13)c1ccccc21. The van der Waals surface area contributed by atoms with Gasteiger partial charge >= 0.3 is 0 Å². The van der Waals surface area contributed by atoms with E-state index in [4.69, 9.17) is 0 Å². The molecule has 0 unspecified atom stereocenters. The van der Waals surface area contributed by atoms with E-state index in [2.05, 4.69) is 209 Å². The lowest BCUT2D eigenvalue weighted by molar-refractivity contribution is 0.661. The molecule has 1 heterocycles. The van der Waals surface area contributed by atoms with Gasteiger partial charge in [-0.1, -0.05) is 197 Å². The van der Waals surface area contributed by atoms with Gasteiger partial charge in [0.1, 0.15) is 8.07 Å². The van der Waals surface area contributed by atoms with E-state index >= 15 is 0 Å². The molecule has 0 saturated carbocycles. The first kappa shape index (κ1) is 34.1. The third-order valence-electron chi connectivity index (χ3n) is 14.6. The van der Waals surface area contributed by atoms with Crippen LogP contribution in [0.1, 0.15) is 25.0 Å². The molecule has 1 heteroatoms. The Kier molecular flexibility index (Phi) is 6.77. The molecule has 2 aliphatic rings. The van der Waals surface area contributed by atoms with Crippen LogP contribution in [0, 0.1) is 0 Å². The van der Waals surface area contributed by atoms with Crippen molar-refractivity contribution >= 4 is 83.1 Å². The minimum absolute atomic E-state index is 0.115. The molecule has 0 bridgehead atoms. The van der Waals surface area contributed by atoms with Gasteiger partial charge in [0.15, 0.2) is 0 Å². The molecule has 11 aromatic rings. The minimum Gasteiger partial charge on any atom is -0.0623 e. The highest BCUT2D eigenvalue weighted by Crippen LogP contribution is 2.55. The molecule has 1 aliphatic heterocycles.